The first-order chi connectivity index (χ1) is 5.82. The first-order valence-corrected chi connectivity index (χ1v) is 4.46. The molecule has 1 aliphatic carbocycles. The second-order valence-corrected chi connectivity index (χ2v) is 4.53. The number of hydrogen-bond donors (Lipinski definition) is 0. The van der Waals surface area contributed by atoms with E-state index in [2.05, 4.69) is 27.4 Å². The molecule has 0 aliphatic heterocycles. The standard InChI is InChI=1S/C12H16O/c1-8-6-10(12(3,4)5)7-9(2)11(8)13/h6-7H,1H2,2-5H3. The van der Waals surface area contributed by atoms with Gasteiger partial charge in [-0.25, -0.2) is 0 Å². The summed E-state index contributed by atoms with van der Waals surface area (Å²) in [4.78, 5) is 11.4. The van der Waals surface area contributed by atoms with Gasteiger partial charge in [-0.15, -0.1) is 0 Å². The third-order valence-corrected chi connectivity index (χ3v) is 2.22. The van der Waals surface area contributed by atoms with Crippen LogP contribution in [-0.2, 0) is 4.79 Å². The van der Waals surface area contributed by atoms with E-state index < -0.39 is 0 Å². The molecule has 13 heavy (non-hydrogen) atoms. The fourth-order valence-corrected chi connectivity index (χ4v) is 1.28. The molecule has 0 fully saturated rings. The molecule has 0 heterocycles. The minimum absolute atomic E-state index is 0.0630. The number of rotatable bonds is 0. The summed E-state index contributed by atoms with van der Waals surface area (Å²) in [5, 5.41) is 0. The topological polar surface area (TPSA) is 17.1 Å². The average Bonchev–Trinajstić information content (AvgIpc) is 1.97. The van der Waals surface area contributed by atoms with Crippen molar-refractivity contribution in [3.8, 4) is 0 Å². The molecule has 70 valence electrons. The van der Waals surface area contributed by atoms with Crippen LogP contribution in [0.25, 0.3) is 0 Å². The van der Waals surface area contributed by atoms with Crippen LogP contribution in [0.5, 0.6) is 0 Å². The molecule has 0 aromatic heterocycles. The van der Waals surface area contributed by atoms with E-state index in [9.17, 15) is 4.79 Å². The molecule has 0 bridgehead atoms. The van der Waals surface area contributed by atoms with Gasteiger partial charge in [0.25, 0.3) is 0 Å². The van der Waals surface area contributed by atoms with Gasteiger partial charge in [-0.05, 0) is 29.6 Å². The molecule has 1 rings (SSSR count). The highest BCUT2D eigenvalue weighted by Gasteiger charge is 2.21. The molecule has 0 aromatic carbocycles. The van der Waals surface area contributed by atoms with Crippen LogP contribution in [0.4, 0.5) is 0 Å². The highest BCUT2D eigenvalue weighted by Crippen LogP contribution is 2.31. The maximum Gasteiger partial charge on any atom is 0.188 e. The van der Waals surface area contributed by atoms with Crippen molar-refractivity contribution >= 4 is 5.78 Å². The largest absolute Gasteiger partial charge is 0.289 e. The van der Waals surface area contributed by atoms with Crippen molar-refractivity contribution in [3.05, 3.63) is 35.5 Å². The highest BCUT2D eigenvalue weighted by atomic mass is 16.1. The zero-order valence-electron chi connectivity index (χ0n) is 8.77. The van der Waals surface area contributed by atoms with Crippen molar-refractivity contribution < 1.29 is 4.79 Å². The summed E-state index contributed by atoms with van der Waals surface area (Å²) in [6.07, 6.45) is 3.84. The van der Waals surface area contributed by atoms with Gasteiger partial charge in [0.15, 0.2) is 5.78 Å². The predicted octanol–water partition coefficient (Wildman–Crippen LogP) is 3.04. The molecule has 0 aromatic rings. The summed E-state index contributed by atoms with van der Waals surface area (Å²) in [5.41, 5.74) is 2.65. The number of carbonyl (C=O) groups excluding carboxylic acids is 1. The third-order valence-electron chi connectivity index (χ3n) is 2.22. The summed E-state index contributed by atoms with van der Waals surface area (Å²) in [7, 11) is 0. The number of ketones is 1. The molecule has 0 N–H and O–H groups in total. The number of Topliss-reactive ketones (excluding diaryl/α,β-unsaturated/α-hetero) is 1. The summed E-state index contributed by atoms with van der Waals surface area (Å²) < 4.78 is 0. The highest BCUT2D eigenvalue weighted by molar-refractivity contribution is 6.11. The van der Waals surface area contributed by atoms with E-state index in [1.165, 1.54) is 5.57 Å². The maximum atomic E-state index is 11.4. The molecule has 0 unspecified atom stereocenters. The van der Waals surface area contributed by atoms with E-state index in [4.69, 9.17) is 0 Å². The zero-order chi connectivity index (χ0) is 10.2. The fourth-order valence-electron chi connectivity index (χ4n) is 1.28. The lowest BCUT2D eigenvalue weighted by atomic mass is 9.80. The molecule has 1 heteroatoms. The Labute approximate surface area is 79.8 Å². The fraction of sp³-hybridized carbons (Fsp3) is 0.417. The van der Waals surface area contributed by atoms with Crippen molar-refractivity contribution in [2.75, 3.05) is 0 Å². The third kappa shape index (κ3) is 1.97. The molecular weight excluding hydrogens is 160 g/mol. The summed E-state index contributed by atoms with van der Waals surface area (Å²) in [6, 6.07) is 0. The Morgan fingerprint density at radius 2 is 1.77 bits per heavy atom. The van der Waals surface area contributed by atoms with Crippen LogP contribution in [0.2, 0.25) is 0 Å². The average molecular weight is 176 g/mol. The van der Waals surface area contributed by atoms with Gasteiger partial charge in [0, 0.05) is 5.57 Å². The zero-order valence-corrected chi connectivity index (χ0v) is 8.77. The molecule has 0 spiro atoms. The molecule has 0 saturated carbocycles. The van der Waals surface area contributed by atoms with Crippen LogP contribution < -0.4 is 0 Å². The SMILES string of the molecule is C=C1C=C(C(C)(C)C)C=C(C)C1=O. The van der Waals surface area contributed by atoms with Crippen LogP contribution in [0.1, 0.15) is 27.7 Å². The van der Waals surface area contributed by atoms with Gasteiger partial charge in [0.2, 0.25) is 0 Å². The summed E-state index contributed by atoms with van der Waals surface area (Å²) in [5.74, 6) is 0.0630. The second kappa shape index (κ2) is 2.99. The van der Waals surface area contributed by atoms with Gasteiger partial charge in [0.1, 0.15) is 0 Å². The molecular formula is C12H16O. The molecule has 1 nitrogen and oxygen atoms in total. The minimum atomic E-state index is 0.0630. The van der Waals surface area contributed by atoms with Gasteiger partial charge in [-0.1, -0.05) is 33.4 Å². The maximum absolute atomic E-state index is 11.4. The Bertz CT molecular complexity index is 322. The van der Waals surface area contributed by atoms with Crippen molar-refractivity contribution in [1.29, 1.82) is 0 Å². The molecule has 1 aliphatic rings. The Morgan fingerprint density at radius 3 is 2.15 bits per heavy atom. The summed E-state index contributed by atoms with van der Waals surface area (Å²) >= 11 is 0. The quantitative estimate of drug-likeness (QED) is 0.518. The molecule has 0 amide bonds. The monoisotopic (exact) mass is 176 g/mol. The molecule has 0 saturated heterocycles. The summed E-state index contributed by atoms with van der Waals surface area (Å²) in [6.45, 7) is 12.0. The van der Waals surface area contributed by atoms with Crippen LogP contribution in [0.3, 0.4) is 0 Å². The lowest BCUT2D eigenvalue weighted by Gasteiger charge is -2.24. The van der Waals surface area contributed by atoms with Crippen molar-refractivity contribution in [3.63, 3.8) is 0 Å². The normalized spacial score (nSPS) is 18.5. The van der Waals surface area contributed by atoms with Crippen LogP contribution in [-0.4, -0.2) is 5.78 Å². The number of allylic oxidation sites excluding steroid dienone is 5. The van der Waals surface area contributed by atoms with E-state index in [1.807, 2.05) is 19.1 Å². The van der Waals surface area contributed by atoms with Crippen molar-refractivity contribution in [2.24, 2.45) is 5.41 Å². The Morgan fingerprint density at radius 1 is 1.23 bits per heavy atom. The van der Waals surface area contributed by atoms with E-state index in [0.717, 1.165) is 5.57 Å². The van der Waals surface area contributed by atoms with Gasteiger partial charge < -0.3 is 0 Å². The number of carbonyl (C=O) groups is 1. The van der Waals surface area contributed by atoms with Crippen molar-refractivity contribution in [1.82, 2.24) is 0 Å². The van der Waals surface area contributed by atoms with Crippen LogP contribution in [0, 0.1) is 5.41 Å². The second-order valence-electron chi connectivity index (χ2n) is 4.53. The minimum Gasteiger partial charge on any atom is -0.289 e. The molecule has 0 atom stereocenters. The van der Waals surface area contributed by atoms with Gasteiger partial charge >= 0.3 is 0 Å². The van der Waals surface area contributed by atoms with Gasteiger partial charge in [-0.3, -0.25) is 4.79 Å². The van der Waals surface area contributed by atoms with Crippen LogP contribution >= 0.6 is 0 Å². The van der Waals surface area contributed by atoms with E-state index in [-0.39, 0.29) is 11.2 Å². The van der Waals surface area contributed by atoms with E-state index in [0.29, 0.717) is 5.57 Å². The van der Waals surface area contributed by atoms with Gasteiger partial charge in [-0.2, -0.15) is 0 Å². The van der Waals surface area contributed by atoms with Gasteiger partial charge in [0.05, 0.1) is 0 Å². The molecule has 0 radical (unpaired) electrons. The van der Waals surface area contributed by atoms with E-state index >= 15 is 0 Å². The van der Waals surface area contributed by atoms with E-state index in [1.54, 1.807) is 0 Å². The lowest BCUT2D eigenvalue weighted by molar-refractivity contribution is -0.112. The Kier molecular flexibility index (Phi) is 2.29. The lowest BCUT2D eigenvalue weighted by Crippen LogP contribution is -2.15. The first-order valence-electron chi connectivity index (χ1n) is 4.46. The van der Waals surface area contributed by atoms with Crippen LogP contribution in [0.15, 0.2) is 35.5 Å². The number of hydrogen-bond acceptors (Lipinski definition) is 1. The Hall–Kier alpha value is -1.11. The Balaban J connectivity index is 3.12. The first kappa shape index (κ1) is 9.97. The smallest absolute Gasteiger partial charge is 0.188 e. The van der Waals surface area contributed by atoms with Crippen molar-refractivity contribution in [2.45, 2.75) is 27.7 Å². The predicted molar refractivity (Wildman–Crippen MR) is 55.4 cm³/mol.